The van der Waals surface area contributed by atoms with Gasteiger partial charge in [0.1, 0.15) is 11.6 Å². The van der Waals surface area contributed by atoms with E-state index in [1.165, 1.54) is 13.2 Å². The average molecular weight is 407 g/mol. The van der Waals surface area contributed by atoms with Gasteiger partial charge in [-0.25, -0.2) is 4.39 Å². The standard InChI is InChI=1S/C22H31FNO3P/c1-7-10-22(2,18-12-17(26-5)13-19(27-6)21(18)25)28-20-9-8-16(23)11-15(20)14-24(3)4/h8-9,11-13,25,28H,7,10,14H2,1-6H3. The molecule has 0 aliphatic carbocycles. The van der Waals surface area contributed by atoms with Gasteiger partial charge in [-0.15, -0.1) is 0 Å². The first-order valence-electron chi connectivity index (χ1n) is 9.40. The number of rotatable bonds is 9. The summed E-state index contributed by atoms with van der Waals surface area (Å²) in [6.07, 6.45) is 1.82. The Morgan fingerprint density at radius 1 is 1.14 bits per heavy atom. The van der Waals surface area contributed by atoms with Gasteiger partial charge >= 0.3 is 0 Å². The first-order chi connectivity index (χ1) is 13.2. The van der Waals surface area contributed by atoms with E-state index in [0.29, 0.717) is 26.6 Å². The van der Waals surface area contributed by atoms with Crippen LogP contribution in [-0.2, 0) is 11.7 Å². The molecule has 0 spiro atoms. The Morgan fingerprint density at radius 3 is 2.43 bits per heavy atom. The second kappa shape index (κ2) is 9.58. The largest absolute Gasteiger partial charge is 0.504 e. The number of ether oxygens (including phenoxy) is 2. The van der Waals surface area contributed by atoms with Gasteiger partial charge in [-0.1, -0.05) is 34.9 Å². The molecular formula is C22H31FNO3P. The van der Waals surface area contributed by atoms with Crippen molar-refractivity contribution in [2.45, 2.75) is 38.4 Å². The van der Waals surface area contributed by atoms with E-state index in [-0.39, 0.29) is 16.7 Å². The zero-order valence-electron chi connectivity index (χ0n) is 17.6. The lowest BCUT2D eigenvalue weighted by atomic mass is 9.93. The van der Waals surface area contributed by atoms with Crippen molar-refractivity contribution in [3.8, 4) is 17.2 Å². The van der Waals surface area contributed by atoms with E-state index in [9.17, 15) is 9.50 Å². The van der Waals surface area contributed by atoms with Crippen LogP contribution in [0.4, 0.5) is 4.39 Å². The number of aromatic hydroxyl groups is 1. The summed E-state index contributed by atoms with van der Waals surface area (Å²) in [4.78, 5) is 2.03. The molecule has 1 N–H and O–H groups in total. The molecule has 0 amide bonds. The van der Waals surface area contributed by atoms with E-state index in [4.69, 9.17) is 9.47 Å². The van der Waals surface area contributed by atoms with Crippen molar-refractivity contribution in [2.24, 2.45) is 0 Å². The van der Waals surface area contributed by atoms with E-state index in [1.807, 2.05) is 31.1 Å². The van der Waals surface area contributed by atoms with E-state index in [2.05, 4.69) is 13.8 Å². The van der Waals surface area contributed by atoms with Crippen LogP contribution >= 0.6 is 8.58 Å². The molecule has 28 heavy (non-hydrogen) atoms. The van der Waals surface area contributed by atoms with Gasteiger partial charge in [-0.2, -0.15) is 0 Å². The molecule has 2 aromatic carbocycles. The SMILES string of the molecule is CCCC(C)(Pc1ccc(F)cc1CN(C)C)c1cc(OC)cc(OC)c1O. The Balaban J connectivity index is 2.57. The summed E-state index contributed by atoms with van der Waals surface area (Å²) in [5.74, 6) is 0.954. The predicted octanol–water partition coefficient (Wildman–Crippen LogP) is 4.63. The number of methoxy groups -OCH3 is 2. The second-order valence-electron chi connectivity index (χ2n) is 7.47. The van der Waals surface area contributed by atoms with E-state index >= 15 is 0 Å². The Hall–Kier alpha value is -1.84. The van der Waals surface area contributed by atoms with Crippen LogP contribution < -0.4 is 14.8 Å². The maximum Gasteiger partial charge on any atom is 0.164 e. The molecule has 0 aliphatic rings. The Bertz CT molecular complexity index is 813. The molecule has 4 nitrogen and oxygen atoms in total. The smallest absolute Gasteiger partial charge is 0.164 e. The van der Waals surface area contributed by atoms with Crippen molar-refractivity contribution in [2.75, 3.05) is 28.3 Å². The fourth-order valence-corrected chi connectivity index (χ4v) is 5.27. The van der Waals surface area contributed by atoms with Crippen LogP contribution in [0, 0.1) is 5.82 Å². The minimum atomic E-state index is -0.334. The summed E-state index contributed by atoms with van der Waals surface area (Å²) in [5, 5.41) is 11.6. The molecule has 2 aromatic rings. The van der Waals surface area contributed by atoms with Gasteiger partial charge < -0.3 is 19.5 Å². The highest BCUT2D eigenvalue weighted by molar-refractivity contribution is 7.48. The minimum absolute atomic E-state index is 0.142. The number of halogens is 1. The molecular weight excluding hydrogens is 376 g/mol. The highest BCUT2D eigenvalue weighted by Gasteiger charge is 2.32. The van der Waals surface area contributed by atoms with Gasteiger partial charge in [0, 0.05) is 23.3 Å². The van der Waals surface area contributed by atoms with E-state index < -0.39 is 0 Å². The molecule has 2 rings (SSSR count). The van der Waals surface area contributed by atoms with Crippen LogP contribution in [0.2, 0.25) is 0 Å². The third-order valence-electron chi connectivity index (χ3n) is 4.81. The second-order valence-corrected chi connectivity index (χ2v) is 9.36. The zero-order valence-corrected chi connectivity index (χ0v) is 18.6. The van der Waals surface area contributed by atoms with Crippen LogP contribution in [0.5, 0.6) is 17.2 Å². The van der Waals surface area contributed by atoms with Crippen molar-refractivity contribution >= 4 is 13.9 Å². The molecule has 0 saturated carbocycles. The van der Waals surface area contributed by atoms with Crippen molar-refractivity contribution in [1.82, 2.24) is 4.90 Å². The fourth-order valence-electron chi connectivity index (χ4n) is 3.49. The molecule has 2 unspecified atom stereocenters. The Kier molecular flexibility index (Phi) is 7.68. The van der Waals surface area contributed by atoms with Gasteiger partial charge in [0.05, 0.1) is 14.2 Å². The topological polar surface area (TPSA) is 41.9 Å². The van der Waals surface area contributed by atoms with Crippen molar-refractivity contribution < 1.29 is 19.0 Å². The van der Waals surface area contributed by atoms with E-state index in [1.54, 1.807) is 19.2 Å². The normalized spacial score (nSPS) is 13.9. The van der Waals surface area contributed by atoms with Crippen molar-refractivity contribution in [3.63, 3.8) is 0 Å². The van der Waals surface area contributed by atoms with Crippen LogP contribution in [0.25, 0.3) is 0 Å². The Morgan fingerprint density at radius 2 is 1.86 bits per heavy atom. The summed E-state index contributed by atoms with van der Waals surface area (Å²) in [6.45, 7) is 4.93. The molecule has 154 valence electrons. The maximum atomic E-state index is 13.9. The number of hydrogen-bond donors (Lipinski definition) is 1. The highest BCUT2D eigenvalue weighted by atomic mass is 31.1. The quantitative estimate of drug-likeness (QED) is 0.616. The number of benzene rings is 2. The van der Waals surface area contributed by atoms with E-state index in [0.717, 1.165) is 29.3 Å². The van der Waals surface area contributed by atoms with Crippen LogP contribution in [-0.4, -0.2) is 38.3 Å². The van der Waals surface area contributed by atoms with Crippen molar-refractivity contribution in [3.05, 3.63) is 47.3 Å². The molecule has 0 bridgehead atoms. The zero-order chi connectivity index (χ0) is 20.9. The lowest BCUT2D eigenvalue weighted by Crippen LogP contribution is -2.23. The summed E-state index contributed by atoms with van der Waals surface area (Å²) in [5.41, 5.74) is 1.77. The molecule has 0 aromatic heterocycles. The summed E-state index contributed by atoms with van der Waals surface area (Å²) in [7, 11) is 7.44. The van der Waals surface area contributed by atoms with Gasteiger partial charge in [-0.05, 0) is 49.6 Å². The summed E-state index contributed by atoms with van der Waals surface area (Å²) >= 11 is 0. The molecule has 0 aliphatic heterocycles. The summed E-state index contributed by atoms with van der Waals surface area (Å²) < 4.78 is 24.7. The van der Waals surface area contributed by atoms with Gasteiger partial charge in [0.2, 0.25) is 0 Å². The molecule has 0 saturated heterocycles. The number of hydrogen-bond acceptors (Lipinski definition) is 4. The molecule has 2 atom stereocenters. The average Bonchev–Trinajstić information content (AvgIpc) is 2.64. The molecule has 0 heterocycles. The number of nitrogens with zero attached hydrogens (tertiary/aromatic N) is 1. The first-order valence-corrected chi connectivity index (χ1v) is 10.4. The summed E-state index contributed by atoms with van der Waals surface area (Å²) in [6, 6.07) is 8.56. The maximum absolute atomic E-state index is 13.9. The van der Waals surface area contributed by atoms with Crippen LogP contribution in [0.1, 0.15) is 37.8 Å². The first kappa shape index (κ1) is 22.4. The van der Waals surface area contributed by atoms with Gasteiger partial charge in [0.25, 0.3) is 0 Å². The number of phenols is 1. The van der Waals surface area contributed by atoms with Crippen molar-refractivity contribution in [1.29, 1.82) is 0 Å². The Labute approximate surface area is 169 Å². The lowest BCUT2D eigenvalue weighted by Gasteiger charge is -2.32. The third-order valence-corrected chi connectivity index (χ3v) is 6.64. The molecule has 6 heteroatoms. The highest BCUT2D eigenvalue weighted by Crippen LogP contribution is 2.51. The van der Waals surface area contributed by atoms with Crippen LogP contribution in [0.3, 0.4) is 0 Å². The van der Waals surface area contributed by atoms with Gasteiger partial charge in [-0.3, -0.25) is 0 Å². The number of phenolic OH excluding ortho intramolecular Hbond substituents is 1. The lowest BCUT2D eigenvalue weighted by molar-refractivity contribution is 0.357. The fraction of sp³-hybridized carbons (Fsp3) is 0.455. The predicted molar refractivity (Wildman–Crippen MR) is 115 cm³/mol. The van der Waals surface area contributed by atoms with Crippen LogP contribution in [0.15, 0.2) is 30.3 Å². The molecule has 0 radical (unpaired) electrons. The monoisotopic (exact) mass is 407 g/mol. The van der Waals surface area contributed by atoms with Gasteiger partial charge in [0.15, 0.2) is 11.5 Å². The third kappa shape index (κ3) is 5.15. The molecule has 0 fully saturated rings. The minimum Gasteiger partial charge on any atom is -0.504 e.